The number of nitrogens with one attached hydrogen (secondary N) is 1. The van der Waals surface area contributed by atoms with Crippen molar-refractivity contribution in [3.8, 4) is 0 Å². The molecule has 0 aromatic carbocycles. The minimum Gasteiger partial charge on any atom is -0.478 e. The first-order valence-corrected chi connectivity index (χ1v) is 5.27. The maximum absolute atomic E-state index is 10.8. The summed E-state index contributed by atoms with van der Waals surface area (Å²) in [7, 11) is 0. The average Bonchev–Trinajstić information content (AvgIpc) is 2.17. The number of carbonyl (C=O) groups is 1. The lowest BCUT2D eigenvalue weighted by atomic mass is 9.85. The Bertz CT molecular complexity index is 404. The Labute approximate surface area is 92.9 Å². The molecule has 6 heteroatoms. The molecule has 0 radical (unpaired) electrons. The van der Waals surface area contributed by atoms with Crippen LogP contribution in [-0.4, -0.2) is 27.8 Å². The summed E-state index contributed by atoms with van der Waals surface area (Å²) in [5.41, 5.74) is 5.39. The van der Waals surface area contributed by atoms with E-state index in [9.17, 15) is 4.79 Å². The Morgan fingerprint density at radius 2 is 2.31 bits per heavy atom. The van der Waals surface area contributed by atoms with Gasteiger partial charge >= 0.3 is 5.97 Å². The Morgan fingerprint density at radius 1 is 1.56 bits per heavy atom. The summed E-state index contributed by atoms with van der Waals surface area (Å²) >= 11 is 0. The predicted molar refractivity (Wildman–Crippen MR) is 59.2 cm³/mol. The second-order valence-electron chi connectivity index (χ2n) is 4.01. The second-order valence-corrected chi connectivity index (χ2v) is 4.01. The molecule has 0 spiro atoms. The van der Waals surface area contributed by atoms with Gasteiger partial charge in [0.2, 0.25) is 0 Å². The topological polar surface area (TPSA) is 101 Å². The molecule has 1 aliphatic carbocycles. The van der Waals surface area contributed by atoms with E-state index < -0.39 is 5.97 Å². The monoisotopic (exact) mass is 222 g/mol. The quantitative estimate of drug-likeness (QED) is 0.701. The molecule has 86 valence electrons. The zero-order valence-corrected chi connectivity index (χ0v) is 8.81. The van der Waals surface area contributed by atoms with Crippen LogP contribution in [0.15, 0.2) is 6.07 Å². The highest BCUT2D eigenvalue weighted by atomic mass is 16.4. The van der Waals surface area contributed by atoms with Gasteiger partial charge in [-0.2, -0.15) is 0 Å². The van der Waals surface area contributed by atoms with Crippen molar-refractivity contribution >= 4 is 17.6 Å². The van der Waals surface area contributed by atoms with Crippen molar-refractivity contribution < 1.29 is 9.90 Å². The van der Waals surface area contributed by atoms with Crippen LogP contribution in [0.2, 0.25) is 0 Å². The molecule has 1 heterocycles. The van der Waals surface area contributed by atoms with Crippen LogP contribution in [-0.2, 0) is 0 Å². The summed E-state index contributed by atoms with van der Waals surface area (Å²) in [5, 5.41) is 19.3. The van der Waals surface area contributed by atoms with Crippen molar-refractivity contribution in [2.75, 3.05) is 17.6 Å². The molecule has 0 bridgehead atoms. The smallest absolute Gasteiger partial charge is 0.339 e. The number of aromatic nitrogens is 2. The highest BCUT2D eigenvalue weighted by molar-refractivity contribution is 5.93. The normalized spacial score (nSPS) is 15.5. The van der Waals surface area contributed by atoms with Crippen molar-refractivity contribution in [3.05, 3.63) is 11.6 Å². The zero-order chi connectivity index (χ0) is 11.5. The SMILES string of the molecule is Nc1nnc(NCC2CCC2)cc1C(=O)O. The second kappa shape index (κ2) is 4.34. The van der Waals surface area contributed by atoms with Gasteiger partial charge < -0.3 is 16.2 Å². The first kappa shape index (κ1) is 10.7. The van der Waals surface area contributed by atoms with Crippen molar-refractivity contribution in [2.45, 2.75) is 19.3 Å². The third-order valence-corrected chi connectivity index (χ3v) is 2.85. The molecular formula is C10H14N4O2. The first-order chi connectivity index (χ1) is 7.66. The molecule has 0 atom stereocenters. The van der Waals surface area contributed by atoms with E-state index in [1.165, 1.54) is 25.3 Å². The fourth-order valence-electron chi connectivity index (χ4n) is 1.60. The van der Waals surface area contributed by atoms with E-state index in [1.54, 1.807) is 0 Å². The van der Waals surface area contributed by atoms with Crippen LogP contribution in [0.25, 0.3) is 0 Å². The molecule has 1 aromatic rings. The van der Waals surface area contributed by atoms with Gasteiger partial charge in [0.05, 0.1) is 0 Å². The highest BCUT2D eigenvalue weighted by Crippen LogP contribution is 2.26. The molecule has 6 nitrogen and oxygen atoms in total. The Kier molecular flexibility index (Phi) is 2.89. The maximum Gasteiger partial charge on any atom is 0.339 e. The number of carboxylic acids is 1. The summed E-state index contributed by atoms with van der Waals surface area (Å²) in [5.74, 6) is 0.00641. The van der Waals surface area contributed by atoms with Gasteiger partial charge in [-0.25, -0.2) is 4.79 Å². The molecule has 2 rings (SSSR count). The standard InChI is InChI=1S/C10H14N4O2/c11-9-7(10(15)16)4-8(13-14-9)12-5-6-2-1-3-6/h4,6H,1-3,5H2,(H2,11,14)(H,12,13)(H,15,16). The third kappa shape index (κ3) is 2.21. The summed E-state index contributed by atoms with van der Waals surface area (Å²) in [4.78, 5) is 10.8. The van der Waals surface area contributed by atoms with Gasteiger partial charge in [0.25, 0.3) is 0 Å². The number of carboxylic acid groups (broad SMARTS) is 1. The van der Waals surface area contributed by atoms with Crippen molar-refractivity contribution in [3.63, 3.8) is 0 Å². The molecule has 1 aromatic heterocycles. The number of nitrogens with two attached hydrogens (primary N) is 1. The molecule has 0 saturated heterocycles. The number of anilines is 2. The summed E-state index contributed by atoms with van der Waals surface area (Å²) < 4.78 is 0. The van der Waals surface area contributed by atoms with Gasteiger partial charge in [-0.1, -0.05) is 6.42 Å². The van der Waals surface area contributed by atoms with Crippen molar-refractivity contribution in [1.29, 1.82) is 0 Å². The minimum absolute atomic E-state index is 0.00823. The van der Waals surface area contributed by atoms with Crippen LogP contribution >= 0.6 is 0 Å². The van der Waals surface area contributed by atoms with E-state index in [4.69, 9.17) is 10.8 Å². The molecule has 1 aliphatic rings. The zero-order valence-electron chi connectivity index (χ0n) is 8.81. The summed E-state index contributed by atoms with van der Waals surface area (Å²) in [6.45, 7) is 0.817. The van der Waals surface area contributed by atoms with Crippen LogP contribution in [0, 0.1) is 5.92 Å². The van der Waals surface area contributed by atoms with Gasteiger partial charge in [0, 0.05) is 12.6 Å². The summed E-state index contributed by atoms with van der Waals surface area (Å²) in [6.07, 6.45) is 3.72. The van der Waals surface area contributed by atoms with Crippen LogP contribution in [0.4, 0.5) is 11.6 Å². The van der Waals surface area contributed by atoms with Crippen LogP contribution in [0.3, 0.4) is 0 Å². The van der Waals surface area contributed by atoms with Gasteiger partial charge in [-0.05, 0) is 18.8 Å². The molecular weight excluding hydrogens is 208 g/mol. The average molecular weight is 222 g/mol. The molecule has 1 saturated carbocycles. The molecule has 16 heavy (non-hydrogen) atoms. The number of aromatic carboxylic acids is 1. The van der Waals surface area contributed by atoms with Crippen molar-refractivity contribution in [2.24, 2.45) is 5.92 Å². The van der Waals surface area contributed by atoms with Gasteiger partial charge in [-0.3, -0.25) is 0 Å². The van der Waals surface area contributed by atoms with Crippen LogP contribution < -0.4 is 11.1 Å². The molecule has 0 aliphatic heterocycles. The first-order valence-electron chi connectivity index (χ1n) is 5.27. The highest BCUT2D eigenvalue weighted by Gasteiger charge is 2.17. The lowest BCUT2D eigenvalue weighted by molar-refractivity contribution is 0.0697. The number of hydrogen-bond donors (Lipinski definition) is 3. The molecule has 0 unspecified atom stereocenters. The summed E-state index contributed by atoms with van der Waals surface area (Å²) in [6, 6.07) is 1.42. The largest absolute Gasteiger partial charge is 0.478 e. The van der Waals surface area contributed by atoms with Crippen LogP contribution in [0.1, 0.15) is 29.6 Å². The fourth-order valence-corrected chi connectivity index (χ4v) is 1.60. The number of hydrogen-bond acceptors (Lipinski definition) is 5. The van der Waals surface area contributed by atoms with E-state index in [1.807, 2.05) is 0 Å². The maximum atomic E-state index is 10.8. The number of nitrogen functional groups attached to an aromatic ring is 1. The van der Waals surface area contributed by atoms with E-state index in [-0.39, 0.29) is 11.4 Å². The van der Waals surface area contributed by atoms with E-state index in [0.717, 1.165) is 6.54 Å². The Morgan fingerprint density at radius 3 is 2.88 bits per heavy atom. The molecule has 1 fully saturated rings. The predicted octanol–water partition coefficient (Wildman–Crippen LogP) is 0.969. The Hall–Kier alpha value is -1.85. The Balaban J connectivity index is 2.03. The van der Waals surface area contributed by atoms with Gasteiger partial charge in [0.15, 0.2) is 5.82 Å². The van der Waals surface area contributed by atoms with Crippen molar-refractivity contribution in [1.82, 2.24) is 10.2 Å². The molecule has 0 amide bonds. The number of nitrogens with zero attached hydrogens (tertiary/aromatic N) is 2. The molecule has 4 N–H and O–H groups in total. The van der Waals surface area contributed by atoms with Gasteiger partial charge in [-0.15, -0.1) is 10.2 Å². The fraction of sp³-hybridized carbons (Fsp3) is 0.500. The van der Waals surface area contributed by atoms with E-state index >= 15 is 0 Å². The minimum atomic E-state index is -1.08. The van der Waals surface area contributed by atoms with E-state index in [0.29, 0.717) is 11.7 Å². The van der Waals surface area contributed by atoms with Gasteiger partial charge in [0.1, 0.15) is 11.4 Å². The van der Waals surface area contributed by atoms with Crippen LogP contribution in [0.5, 0.6) is 0 Å². The lowest BCUT2D eigenvalue weighted by Gasteiger charge is -2.25. The van der Waals surface area contributed by atoms with E-state index in [2.05, 4.69) is 15.5 Å². The third-order valence-electron chi connectivity index (χ3n) is 2.85. The lowest BCUT2D eigenvalue weighted by Crippen LogP contribution is -2.21. The number of rotatable bonds is 4.